The van der Waals surface area contributed by atoms with E-state index in [1.807, 2.05) is 0 Å². The number of thiophene rings is 1. The highest BCUT2D eigenvalue weighted by Crippen LogP contribution is 2.34. The molecule has 1 aromatic carbocycles. The fraction of sp³-hybridized carbons (Fsp3) is 0.235. The van der Waals surface area contributed by atoms with Gasteiger partial charge in [0.25, 0.3) is 5.91 Å². The Bertz CT molecular complexity index is 861. The van der Waals surface area contributed by atoms with Gasteiger partial charge in [0, 0.05) is 17.6 Å². The van der Waals surface area contributed by atoms with Crippen molar-refractivity contribution >= 4 is 51.4 Å². The fourth-order valence-electron chi connectivity index (χ4n) is 2.25. The summed E-state index contributed by atoms with van der Waals surface area (Å²) in [7, 11) is 1.24. The number of methoxy groups -OCH3 is 1. The first-order valence-corrected chi connectivity index (χ1v) is 8.51. The van der Waals surface area contributed by atoms with E-state index < -0.39 is 11.9 Å². The minimum Gasteiger partial charge on any atom is -0.465 e. The van der Waals surface area contributed by atoms with Gasteiger partial charge in [0.2, 0.25) is 5.91 Å². The predicted molar refractivity (Wildman–Crippen MR) is 98.8 cm³/mol. The van der Waals surface area contributed by atoms with Crippen molar-refractivity contribution < 1.29 is 19.1 Å². The zero-order chi connectivity index (χ0) is 18.7. The van der Waals surface area contributed by atoms with Crippen molar-refractivity contribution in [2.75, 3.05) is 17.7 Å². The third-order valence-electron chi connectivity index (χ3n) is 3.55. The highest BCUT2D eigenvalue weighted by molar-refractivity contribution is 7.18. The van der Waals surface area contributed by atoms with E-state index in [1.165, 1.54) is 14.0 Å². The van der Waals surface area contributed by atoms with Crippen LogP contribution in [-0.2, 0) is 9.53 Å². The molecule has 8 heteroatoms. The number of hydrogen-bond acceptors (Lipinski definition) is 5. The zero-order valence-corrected chi connectivity index (χ0v) is 15.7. The molecule has 0 aliphatic heterocycles. The maximum Gasteiger partial charge on any atom is 0.341 e. The number of anilines is 2. The van der Waals surface area contributed by atoms with Gasteiger partial charge in [-0.05, 0) is 37.1 Å². The summed E-state index contributed by atoms with van der Waals surface area (Å²) in [6.45, 7) is 4.75. The molecule has 0 atom stereocenters. The molecule has 0 aliphatic rings. The second-order valence-electron chi connectivity index (χ2n) is 5.30. The number of benzene rings is 1. The van der Waals surface area contributed by atoms with E-state index in [2.05, 4.69) is 10.6 Å². The van der Waals surface area contributed by atoms with E-state index in [1.54, 1.807) is 32.0 Å². The summed E-state index contributed by atoms with van der Waals surface area (Å²) in [4.78, 5) is 36.3. The van der Waals surface area contributed by atoms with Crippen molar-refractivity contribution in [1.82, 2.24) is 0 Å². The van der Waals surface area contributed by atoms with Crippen LogP contribution in [0.15, 0.2) is 18.2 Å². The first-order valence-electron chi connectivity index (χ1n) is 7.32. The minimum atomic E-state index is -0.615. The maximum absolute atomic E-state index is 12.7. The van der Waals surface area contributed by atoms with Crippen molar-refractivity contribution in [2.45, 2.75) is 20.8 Å². The van der Waals surface area contributed by atoms with Gasteiger partial charge < -0.3 is 15.4 Å². The molecule has 0 radical (unpaired) electrons. The average Bonchev–Trinajstić information content (AvgIpc) is 2.86. The molecule has 0 saturated heterocycles. The van der Waals surface area contributed by atoms with Gasteiger partial charge in [-0.15, -0.1) is 11.3 Å². The van der Waals surface area contributed by atoms with Crippen LogP contribution in [0.3, 0.4) is 0 Å². The number of carbonyl (C=O) groups is 3. The standard InChI is InChI=1S/C17H17ClN2O4S/c1-8-11(18)6-5-7-12(8)20-15(22)14-9(2)13(17(23)24-4)16(25-14)19-10(3)21/h5-7H,1-4H3,(H,19,21)(H,20,22). The maximum atomic E-state index is 12.7. The van der Waals surface area contributed by atoms with E-state index in [0.29, 0.717) is 21.2 Å². The first kappa shape index (κ1) is 19.0. The van der Waals surface area contributed by atoms with Crippen LogP contribution in [0.1, 0.15) is 38.1 Å². The molecule has 25 heavy (non-hydrogen) atoms. The summed E-state index contributed by atoms with van der Waals surface area (Å²) < 4.78 is 4.75. The lowest BCUT2D eigenvalue weighted by atomic mass is 10.1. The van der Waals surface area contributed by atoms with E-state index in [4.69, 9.17) is 16.3 Å². The third-order valence-corrected chi connectivity index (χ3v) is 5.16. The smallest absolute Gasteiger partial charge is 0.341 e. The Labute approximate surface area is 154 Å². The minimum absolute atomic E-state index is 0.177. The number of ether oxygens (including phenoxy) is 1. The van der Waals surface area contributed by atoms with Gasteiger partial charge >= 0.3 is 5.97 Å². The number of halogens is 1. The first-order chi connectivity index (χ1) is 11.8. The Balaban J connectivity index is 2.42. The monoisotopic (exact) mass is 380 g/mol. The summed E-state index contributed by atoms with van der Waals surface area (Å²) in [6, 6.07) is 5.19. The van der Waals surface area contributed by atoms with Gasteiger partial charge in [0.15, 0.2) is 0 Å². The van der Waals surface area contributed by atoms with Crippen LogP contribution in [0, 0.1) is 13.8 Å². The molecule has 2 N–H and O–H groups in total. The highest BCUT2D eigenvalue weighted by atomic mass is 35.5. The van der Waals surface area contributed by atoms with Crippen LogP contribution in [0.25, 0.3) is 0 Å². The number of carbonyl (C=O) groups excluding carboxylic acids is 3. The van der Waals surface area contributed by atoms with Gasteiger partial charge in [0.05, 0.1) is 17.6 Å². The van der Waals surface area contributed by atoms with Crippen molar-refractivity contribution in [2.24, 2.45) is 0 Å². The lowest BCUT2D eigenvalue weighted by Crippen LogP contribution is -2.13. The van der Waals surface area contributed by atoms with Crippen LogP contribution < -0.4 is 10.6 Å². The van der Waals surface area contributed by atoms with Crippen LogP contribution >= 0.6 is 22.9 Å². The van der Waals surface area contributed by atoms with Crippen LogP contribution in [-0.4, -0.2) is 24.9 Å². The van der Waals surface area contributed by atoms with Crippen LogP contribution in [0.2, 0.25) is 5.02 Å². The molecule has 0 spiro atoms. The Kier molecular flexibility index (Phi) is 5.81. The van der Waals surface area contributed by atoms with Crippen molar-refractivity contribution in [3.05, 3.63) is 44.8 Å². The number of amides is 2. The molecule has 0 bridgehead atoms. The quantitative estimate of drug-likeness (QED) is 0.784. The van der Waals surface area contributed by atoms with Crippen LogP contribution in [0.4, 0.5) is 10.7 Å². The molecule has 132 valence electrons. The highest BCUT2D eigenvalue weighted by Gasteiger charge is 2.26. The molecule has 2 rings (SSSR count). The van der Waals surface area contributed by atoms with Crippen molar-refractivity contribution in [3.8, 4) is 0 Å². The van der Waals surface area contributed by atoms with Gasteiger partial charge in [-0.2, -0.15) is 0 Å². The summed E-state index contributed by atoms with van der Waals surface area (Å²) in [5, 5.41) is 6.17. The number of hydrogen-bond donors (Lipinski definition) is 2. The van der Waals surface area contributed by atoms with E-state index in [9.17, 15) is 14.4 Å². The SMILES string of the molecule is COC(=O)c1c(NC(C)=O)sc(C(=O)Nc2cccc(Cl)c2C)c1C. The topological polar surface area (TPSA) is 84.5 Å². The normalized spacial score (nSPS) is 10.3. The van der Waals surface area contributed by atoms with E-state index in [-0.39, 0.29) is 16.5 Å². The van der Waals surface area contributed by atoms with E-state index >= 15 is 0 Å². The molecule has 1 heterocycles. The lowest BCUT2D eigenvalue weighted by Gasteiger charge is -2.09. The molecule has 2 amide bonds. The van der Waals surface area contributed by atoms with Gasteiger partial charge in [-0.1, -0.05) is 17.7 Å². The Morgan fingerprint density at radius 3 is 2.40 bits per heavy atom. The second kappa shape index (κ2) is 7.67. The Morgan fingerprint density at radius 1 is 1.12 bits per heavy atom. The summed E-state index contributed by atoms with van der Waals surface area (Å²) in [5.74, 6) is -1.35. The number of rotatable bonds is 4. The third kappa shape index (κ3) is 4.00. The zero-order valence-electron chi connectivity index (χ0n) is 14.2. The molecular formula is C17H17ClN2O4S. The predicted octanol–water partition coefficient (Wildman–Crippen LogP) is 4.02. The molecular weight excluding hydrogens is 364 g/mol. The lowest BCUT2D eigenvalue weighted by molar-refractivity contribution is -0.114. The average molecular weight is 381 g/mol. The molecule has 2 aromatic rings. The van der Waals surface area contributed by atoms with Crippen molar-refractivity contribution in [3.63, 3.8) is 0 Å². The van der Waals surface area contributed by atoms with Crippen LogP contribution in [0.5, 0.6) is 0 Å². The van der Waals surface area contributed by atoms with E-state index in [0.717, 1.165) is 16.9 Å². The molecule has 0 saturated carbocycles. The molecule has 0 fully saturated rings. The second-order valence-corrected chi connectivity index (χ2v) is 6.73. The fourth-order valence-corrected chi connectivity index (χ4v) is 3.56. The van der Waals surface area contributed by atoms with Gasteiger partial charge in [0.1, 0.15) is 5.00 Å². The summed E-state index contributed by atoms with van der Waals surface area (Å²) >= 11 is 7.08. The molecule has 0 unspecified atom stereocenters. The van der Waals surface area contributed by atoms with Crippen molar-refractivity contribution in [1.29, 1.82) is 0 Å². The molecule has 0 aliphatic carbocycles. The molecule has 6 nitrogen and oxygen atoms in total. The Hall–Kier alpha value is -2.38. The largest absolute Gasteiger partial charge is 0.465 e. The summed E-state index contributed by atoms with van der Waals surface area (Å²) in [6.07, 6.45) is 0. The Morgan fingerprint density at radius 2 is 1.80 bits per heavy atom. The number of nitrogens with one attached hydrogen (secondary N) is 2. The summed E-state index contributed by atoms with van der Waals surface area (Å²) in [5.41, 5.74) is 1.93. The van der Waals surface area contributed by atoms with Gasteiger partial charge in [-0.3, -0.25) is 9.59 Å². The number of esters is 1. The molecule has 1 aromatic heterocycles. The van der Waals surface area contributed by atoms with Gasteiger partial charge in [-0.25, -0.2) is 4.79 Å².